The van der Waals surface area contributed by atoms with E-state index < -0.39 is 5.97 Å². The third-order valence-electron chi connectivity index (χ3n) is 2.44. The van der Waals surface area contributed by atoms with Crippen LogP contribution in [0.25, 0.3) is 0 Å². The number of aliphatic carboxylic acids is 1. The molecule has 1 aliphatic rings. The highest BCUT2D eigenvalue weighted by Crippen LogP contribution is 2.22. The van der Waals surface area contributed by atoms with Gasteiger partial charge in [-0.05, 0) is 18.9 Å². The van der Waals surface area contributed by atoms with Gasteiger partial charge in [0.25, 0.3) is 0 Å². The van der Waals surface area contributed by atoms with Gasteiger partial charge in [-0.1, -0.05) is 12.7 Å². The lowest BCUT2D eigenvalue weighted by molar-refractivity contribution is -0.142. The second-order valence-electron chi connectivity index (χ2n) is 3.29. The van der Waals surface area contributed by atoms with Gasteiger partial charge in [0.15, 0.2) is 0 Å². The van der Waals surface area contributed by atoms with Gasteiger partial charge in [-0.15, -0.1) is 0 Å². The van der Waals surface area contributed by atoms with Crippen LogP contribution < -0.4 is 5.32 Å². The number of rotatable bonds is 4. The minimum absolute atomic E-state index is 0.198. The number of hydrogen-bond donors (Lipinski definition) is 2. The highest BCUT2D eigenvalue weighted by Gasteiger charge is 2.31. The Hall–Kier alpha value is -0.505. The Labute approximate surface area is 73.9 Å². The van der Waals surface area contributed by atoms with Crippen molar-refractivity contribution in [2.75, 3.05) is 13.1 Å². The van der Waals surface area contributed by atoms with Gasteiger partial charge in [0, 0.05) is 6.54 Å². The predicted octanol–water partition coefficient (Wildman–Crippen LogP) is 0.274. The molecule has 4 heteroatoms. The molecule has 1 fully saturated rings. The Balaban J connectivity index is 2.35. The third kappa shape index (κ3) is 2.24. The van der Waals surface area contributed by atoms with Crippen molar-refractivity contribution >= 4 is 13.8 Å². The van der Waals surface area contributed by atoms with E-state index in [4.69, 9.17) is 13.0 Å². The summed E-state index contributed by atoms with van der Waals surface area (Å²) < 4.78 is 0. The van der Waals surface area contributed by atoms with E-state index in [2.05, 4.69) is 5.32 Å². The summed E-state index contributed by atoms with van der Waals surface area (Å²) in [6.45, 7) is 1.45. The van der Waals surface area contributed by atoms with Gasteiger partial charge in [-0.3, -0.25) is 4.79 Å². The van der Waals surface area contributed by atoms with Crippen molar-refractivity contribution in [3.63, 3.8) is 0 Å². The first kappa shape index (κ1) is 9.58. The molecule has 0 aliphatic carbocycles. The fourth-order valence-electron chi connectivity index (χ4n) is 1.71. The molecule has 1 rings (SSSR count). The van der Waals surface area contributed by atoms with E-state index in [0.717, 1.165) is 19.4 Å². The van der Waals surface area contributed by atoms with Crippen molar-refractivity contribution in [2.45, 2.75) is 19.2 Å². The van der Waals surface area contributed by atoms with Crippen LogP contribution >= 0.6 is 0 Å². The third-order valence-corrected chi connectivity index (χ3v) is 2.44. The number of carboxylic acids is 1. The van der Waals surface area contributed by atoms with Crippen LogP contribution in [0.3, 0.4) is 0 Å². The Morgan fingerprint density at radius 2 is 2.33 bits per heavy atom. The predicted molar refractivity (Wildman–Crippen MR) is 47.3 cm³/mol. The molecular weight excluding hydrogens is 153 g/mol. The maximum atomic E-state index is 10.7. The van der Waals surface area contributed by atoms with Crippen LogP contribution in [0.4, 0.5) is 0 Å². The zero-order chi connectivity index (χ0) is 8.97. The van der Waals surface area contributed by atoms with E-state index in [-0.39, 0.29) is 11.8 Å². The number of carbonyl (C=O) groups is 1. The number of carboxylic acid groups (broad SMARTS) is 1. The van der Waals surface area contributed by atoms with Crippen molar-refractivity contribution < 1.29 is 9.90 Å². The molecule has 0 aromatic rings. The second-order valence-corrected chi connectivity index (χ2v) is 3.29. The summed E-state index contributed by atoms with van der Waals surface area (Å²) in [6.07, 6.45) is 2.51. The summed E-state index contributed by atoms with van der Waals surface area (Å²) in [7, 11) is 5.36. The maximum Gasteiger partial charge on any atom is 0.308 e. The summed E-state index contributed by atoms with van der Waals surface area (Å²) in [6, 6.07) is 0. The van der Waals surface area contributed by atoms with E-state index in [0.29, 0.717) is 12.9 Å². The van der Waals surface area contributed by atoms with Gasteiger partial charge in [0.05, 0.1) is 13.8 Å². The van der Waals surface area contributed by atoms with Gasteiger partial charge in [0.2, 0.25) is 0 Å². The first-order valence-corrected chi connectivity index (χ1v) is 4.39. The van der Waals surface area contributed by atoms with Gasteiger partial charge < -0.3 is 10.4 Å². The van der Waals surface area contributed by atoms with E-state index in [1.807, 2.05) is 0 Å². The Morgan fingerprint density at radius 1 is 1.58 bits per heavy atom. The highest BCUT2D eigenvalue weighted by atomic mass is 16.4. The summed E-state index contributed by atoms with van der Waals surface area (Å²) in [5.41, 5.74) is 0. The molecule has 66 valence electrons. The van der Waals surface area contributed by atoms with E-state index in [1.54, 1.807) is 0 Å². The first-order valence-electron chi connectivity index (χ1n) is 4.39. The lowest BCUT2D eigenvalue weighted by Crippen LogP contribution is -2.22. The molecule has 0 spiro atoms. The molecule has 2 N–H and O–H groups in total. The maximum absolute atomic E-state index is 10.7. The molecule has 0 amide bonds. The number of hydrogen-bond acceptors (Lipinski definition) is 2. The van der Waals surface area contributed by atoms with Crippen molar-refractivity contribution in [2.24, 2.45) is 11.8 Å². The molecule has 1 aliphatic heterocycles. The molecule has 12 heavy (non-hydrogen) atoms. The Kier molecular flexibility index (Phi) is 3.60. The molecule has 0 aromatic heterocycles. The zero-order valence-corrected chi connectivity index (χ0v) is 7.12. The van der Waals surface area contributed by atoms with Gasteiger partial charge in [-0.25, -0.2) is 0 Å². The van der Waals surface area contributed by atoms with Crippen LogP contribution in [-0.4, -0.2) is 32.0 Å². The summed E-state index contributed by atoms with van der Waals surface area (Å²) in [4.78, 5) is 10.7. The van der Waals surface area contributed by atoms with Crippen LogP contribution in [0.15, 0.2) is 0 Å². The molecule has 2 radical (unpaired) electrons. The SMILES string of the molecule is [B]CCC[C@H]1CNC[C@H]1C(=O)O. The largest absolute Gasteiger partial charge is 0.481 e. The molecule has 1 saturated heterocycles. The standard InChI is InChI=1S/C8H14BNO2/c9-3-1-2-6-4-10-5-7(6)8(11)12/h6-7,10H,1-5H2,(H,11,12)/t6-,7+/m0/s1. The quantitative estimate of drug-likeness (QED) is 0.591. The Morgan fingerprint density at radius 3 is 2.92 bits per heavy atom. The monoisotopic (exact) mass is 167 g/mol. The summed E-state index contributed by atoms with van der Waals surface area (Å²) in [5.74, 6) is -0.593. The summed E-state index contributed by atoms with van der Waals surface area (Å²) >= 11 is 0. The van der Waals surface area contributed by atoms with Crippen molar-refractivity contribution in [1.82, 2.24) is 5.32 Å². The number of nitrogens with one attached hydrogen (secondary N) is 1. The van der Waals surface area contributed by atoms with Gasteiger partial charge in [-0.2, -0.15) is 0 Å². The fraction of sp³-hybridized carbons (Fsp3) is 0.875. The van der Waals surface area contributed by atoms with E-state index >= 15 is 0 Å². The molecular formula is C8H14BNO2. The molecule has 0 saturated carbocycles. The first-order chi connectivity index (χ1) is 5.75. The Bertz CT molecular complexity index is 163. The molecule has 3 nitrogen and oxygen atoms in total. The van der Waals surface area contributed by atoms with Crippen LogP contribution in [0.2, 0.25) is 6.32 Å². The van der Waals surface area contributed by atoms with Crippen LogP contribution in [0, 0.1) is 11.8 Å². The smallest absolute Gasteiger partial charge is 0.308 e. The van der Waals surface area contributed by atoms with E-state index in [1.165, 1.54) is 0 Å². The minimum atomic E-state index is -0.679. The lowest BCUT2D eigenvalue weighted by atomic mass is 9.88. The van der Waals surface area contributed by atoms with Crippen molar-refractivity contribution in [3.05, 3.63) is 0 Å². The van der Waals surface area contributed by atoms with Crippen LogP contribution in [0.5, 0.6) is 0 Å². The minimum Gasteiger partial charge on any atom is -0.481 e. The molecule has 2 atom stereocenters. The van der Waals surface area contributed by atoms with E-state index in [9.17, 15) is 4.79 Å². The molecule has 0 unspecified atom stereocenters. The summed E-state index contributed by atoms with van der Waals surface area (Å²) in [5, 5.41) is 11.9. The highest BCUT2D eigenvalue weighted by molar-refractivity contribution is 6.08. The van der Waals surface area contributed by atoms with Gasteiger partial charge >= 0.3 is 5.97 Å². The molecule has 1 heterocycles. The van der Waals surface area contributed by atoms with Crippen molar-refractivity contribution in [1.29, 1.82) is 0 Å². The van der Waals surface area contributed by atoms with Crippen LogP contribution in [0.1, 0.15) is 12.8 Å². The topological polar surface area (TPSA) is 49.3 Å². The lowest BCUT2D eigenvalue weighted by Gasteiger charge is -2.13. The molecule has 0 bridgehead atoms. The van der Waals surface area contributed by atoms with Crippen LogP contribution in [-0.2, 0) is 4.79 Å². The van der Waals surface area contributed by atoms with Gasteiger partial charge in [0.1, 0.15) is 0 Å². The van der Waals surface area contributed by atoms with Crippen molar-refractivity contribution in [3.8, 4) is 0 Å². The zero-order valence-electron chi connectivity index (χ0n) is 7.12. The fourth-order valence-corrected chi connectivity index (χ4v) is 1.71. The average Bonchev–Trinajstić information content (AvgIpc) is 2.48. The normalized spacial score (nSPS) is 29.0. The second kappa shape index (κ2) is 4.50. The average molecular weight is 167 g/mol. The molecule has 0 aromatic carbocycles.